The van der Waals surface area contributed by atoms with Crippen molar-refractivity contribution in [1.29, 1.82) is 0 Å². The smallest absolute Gasteiger partial charge is 0.238 e. The molecule has 2 aliphatic heterocycles. The van der Waals surface area contributed by atoms with E-state index in [-0.39, 0.29) is 11.8 Å². The number of aryl methyl sites for hydroxylation is 3. The molecule has 4 rings (SSSR count). The van der Waals surface area contributed by atoms with Crippen molar-refractivity contribution >= 4 is 17.5 Å². The van der Waals surface area contributed by atoms with Gasteiger partial charge >= 0.3 is 0 Å². The lowest BCUT2D eigenvalue weighted by Crippen LogP contribution is -2.54. The third-order valence-corrected chi connectivity index (χ3v) is 6.72. The van der Waals surface area contributed by atoms with Crippen molar-refractivity contribution in [3.05, 3.63) is 46.8 Å². The summed E-state index contributed by atoms with van der Waals surface area (Å²) in [6.07, 6.45) is 0. The summed E-state index contributed by atoms with van der Waals surface area (Å²) in [6, 6.07) is 7.98. The van der Waals surface area contributed by atoms with Crippen molar-refractivity contribution in [2.75, 3.05) is 70.8 Å². The standard InChI is InChI=1S/C25H36N6O3/c1-19-5-4-6-20(2)25(19)26-23(32)17-29-11-13-31(14-12-29)24(33)18-30-9-7-28(8-10-30)16-22-15-21(3)34-27-22/h4-6,15H,7-14,16-18H2,1-3H3,(H,26,32). The molecule has 0 aliphatic carbocycles. The van der Waals surface area contributed by atoms with E-state index in [9.17, 15) is 9.59 Å². The van der Waals surface area contributed by atoms with E-state index in [4.69, 9.17) is 4.52 Å². The van der Waals surface area contributed by atoms with E-state index < -0.39 is 0 Å². The summed E-state index contributed by atoms with van der Waals surface area (Å²) in [5.41, 5.74) is 4.00. The van der Waals surface area contributed by atoms with E-state index in [1.165, 1.54) is 0 Å². The molecular formula is C25H36N6O3. The van der Waals surface area contributed by atoms with E-state index in [1.54, 1.807) is 0 Å². The zero-order valence-electron chi connectivity index (χ0n) is 20.5. The molecule has 2 aromatic rings. The summed E-state index contributed by atoms with van der Waals surface area (Å²) in [5, 5.41) is 7.12. The van der Waals surface area contributed by atoms with Gasteiger partial charge in [-0.2, -0.15) is 0 Å². The number of carbonyl (C=O) groups is 2. The SMILES string of the molecule is Cc1cc(CN2CCN(CC(=O)N3CCN(CC(=O)Nc4c(C)cccc4C)CC3)CC2)no1. The van der Waals surface area contributed by atoms with Gasteiger partial charge in [-0.25, -0.2) is 0 Å². The molecule has 2 amide bonds. The number of hydrogen-bond donors (Lipinski definition) is 1. The van der Waals surface area contributed by atoms with Crippen LogP contribution in [0.15, 0.2) is 28.8 Å². The fourth-order valence-electron chi connectivity index (χ4n) is 4.67. The summed E-state index contributed by atoms with van der Waals surface area (Å²) in [5.74, 6) is 1.01. The van der Waals surface area contributed by atoms with Gasteiger partial charge in [-0.15, -0.1) is 0 Å². The van der Waals surface area contributed by atoms with Gasteiger partial charge in [-0.1, -0.05) is 23.4 Å². The quantitative estimate of drug-likeness (QED) is 0.659. The number of rotatable bonds is 7. The van der Waals surface area contributed by atoms with Crippen molar-refractivity contribution in [3.8, 4) is 0 Å². The maximum atomic E-state index is 12.8. The van der Waals surface area contributed by atoms with Crippen LogP contribution in [0.1, 0.15) is 22.6 Å². The predicted octanol–water partition coefficient (Wildman–Crippen LogP) is 1.50. The van der Waals surface area contributed by atoms with Gasteiger partial charge in [0, 0.05) is 70.7 Å². The van der Waals surface area contributed by atoms with E-state index in [0.29, 0.717) is 26.2 Å². The summed E-state index contributed by atoms with van der Waals surface area (Å²) in [6.45, 7) is 13.9. The Morgan fingerprint density at radius 1 is 0.882 bits per heavy atom. The molecule has 0 atom stereocenters. The second kappa shape index (κ2) is 11.1. The minimum atomic E-state index is -0.00386. The van der Waals surface area contributed by atoms with Crippen molar-refractivity contribution in [2.24, 2.45) is 0 Å². The monoisotopic (exact) mass is 468 g/mol. The van der Waals surface area contributed by atoms with Crippen molar-refractivity contribution in [1.82, 2.24) is 24.8 Å². The Labute approximate surface area is 201 Å². The number of para-hydroxylation sites is 1. The highest BCUT2D eigenvalue weighted by molar-refractivity contribution is 5.93. The maximum Gasteiger partial charge on any atom is 0.238 e. The molecule has 0 radical (unpaired) electrons. The third-order valence-electron chi connectivity index (χ3n) is 6.72. The predicted molar refractivity (Wildman–Crippen MR) is 131 cm³/mol. The maximum absolute atomic E-state index is 12.8. The summed E-state index contributed by atoms with van der Waals surface area (Å²) in [7, 11) is 0. The number of hydrogen-bond acceptors (Lipinski definition) is 7. The third kappa shape index (κ3) is 6.43. The van der Waals surface area contributed by atoms with Gasteiger partial charge in [-0.3, -0.25) is 24.3 Å². The fraction of sp³-hybridized carbons (Fsp3) is 0.560. The first-order chi connectivity index (χ1) is 16.4. The average molecular weight is 469 g/mol. The summed E-state index contributed by atoms with van der Waals surface area (Å²) in [4.78, 5) is 34.0. The van der Waals surface area contributed by atoms with Crippen molar-refractivity contribution in [2.45, 2.75) is 27.3 Å². The molecule has 1 aromatic carbocycles. The Morgan fingerprint density at radius 3 is 2.09 bits per heavy atom. The Bertz CT molecular complexity index is 970. The number of anilines is 1. The van der Waals surface area contributed by atoms with E-state index in [0.717, 1.165) is 74.1 Å². The van der Waals surface area contributed by atoms with Crippen LogP contribution in [0.5, 0.6) is 0 Å². The van der Waals surface area contributed by atoms with Crippen LogP contribution in [0.4, 0.5) is 5.69 Å². The molecule has 9 nitrogen and oxygen atoms in total. The van der Waals surface area contributed by atoms with Crippen LogP contribution in [0.25, 0.3) is 0 Å². The number of benzene rings is 1. The molecule has 3 heterocycles. The lowest BCUT2D eigenvalue weighted by molar-refractivity contribution is -0.134. The van der Waals surface area contributed by atoms with Crippen LogP contribution < -0.4 is 5.32 Å². The summed E-state index contributed by atoms with van der Waals surface area (Å²) < 4.78 is 5.15. The molecule has 0 spiro atoms. The Hall–Kier alpha value is -2.75. The van der Waals surface area contributed by atoms with Gasteiger partial charge < -0.3 is 14.7 Å². The number of piperazine rings is 2. The first-order valence-corrected chi connectivity index (χ1v) is 12.1. The molecule has 1 N–H and O–H groups in total. The largest absolute Gasteiger partial charge is 0.361 e. The summed E-state index contributed by atoms with van der Waals surface area (Å²) >= 11 is 0. The highest BCUT2D eigenvalue weighted by atomic mass is 16.5. The highest BCUT2D eigenvalue weighted by Gasteiger charge is 2.26. The van der Waals surface area contributed by atoms with Gasteiger partial charge in [0.05, 0.1) is 18.8 Å². The zero-order chi connectivity index (χ0) is 24.1. The van der Waals surface area contributed by atoms with Crippen molar-refractivity contribution in [3.63, 3.8) is 0 Å². The zero-order valence-corrected chi connectivity index (χ0v) is 20.5. The van der Waals surface area contributed by atoms with E-state index in [1.807, 2.05) is 49.9 Å². The topological polar surface area (TPSA) is 85.2 Å². The molecule has 9 heteroatoms. The van der Waals surface area contributed by atoms with Gasteiger partial charge in [0.2, 0.25) is 11.8 Å². The van der Waals surface area contributed by atoms with E-state index in [2.05, 4.69) is 25.2 Å². The second-order valence-electron chi connectivity index (χ2n) is 9.45. The molecule has 2 aliphatic rings. The van der Waals surface area contributed by atoms with Crippen LogP contribution in [-0.4, -0.2) is 102 Å². The molecule has 34 heavy (non-hydrogen) atoms. The van der Waals surface area contributed by atoms with Crippen LogP contribution >= 0.6 is 0 Å². The van der Waals surface area contributed by atoms with Crippen LogP contribution in [0, 0.1) is 20.8 Å². The molecule has 184 valence electrons. The highest BCUT2D eigenvalue weighted by Crippen LogP contribution is 2.19. The Kier molecular flexibility index (Phi) is 7.97. The number of amides is 2. The lowest BCUT2D eigenvalue weighted by Gasteiger charge is -2.37. The van der Waals surface area contributed by atoms with Crippen molar-refractivity contribution < 1.29 is 14.1 Å². The first-order valence-electron chi connectivity index (χ1n) is 12.1. The Balaban J connectivity index is 1.15. The van der Waals surface area contributed by atoms with Crippen LogP contribution in [0.3, 0.4) is 0 Å². The minimum absolute atomic E-state index is 0.00386. The van der Waals surface area contributed by atoms with Gasteiger partial charge in [0.15, 0.2) is 0 Å². The van der Waals surface area contributed by atoms with Gasteiger partial charge in [-0.05, 0) is 31.9 Å². The number of nitrogens with zero attached hydrogens (tertiary/aromatic N) is 5. The average Bonchev–Trinajstić information content (AvgIpc) is 3.22. The van der Waals surface area contributed by atoms with Crippen LogP contribution in [-0.2, 0) is 16.1 Å². The van der Waals surface area contributed by atoms with E-state index >= 15 is 0 Å². The number of aromatic nitrogens is 1. The normalized spacial score (nSPS) is 18.3. The lowest BCUT2D eigenvalue weighted by atomic mass is 10.1. The van der Waals surface area contributed by atoms with Gasteiger partial charge in [0.1, 0.15) is 5.76 Å². The molecule has 2 fully saturated rings. The first kappa shape index (κ1) is 24.4. The molecule has 0 unspecified atom stereocenters. The van der Waals surface area contributed by atoms with Crippen LogP contribution in [0.2, 0.25) is 0 Å². The second-order valence-corrected chi connectivity index (χ2v) is 9.45. The van der Waals surface area contributed by atoms with Gasteiger partial charge in [0.25, 0.3) is 0 Å². The molecular weight excluding hydrogens is 432 g/mol. The molecule has 2 saturated heterocycles. The molecule has 0 saturated carbocycles. The molecule has 0 bridgehead atoms. The Morgan fingerprint density at radius 2 is 1.47 bits per heavy atom. The number of nitrogens with one attached hydrogen (secondary N) is 1. The minimum Gasteiger partial charge on any atom is -0.361 e. The number of carbonyl (C=O) groups excluding carboxylic acids is 2. The fourth-order valence-corrected chi connectivity index (χ4v) is 4.67. The molecule has 1 aromatic heterocycles.